The zero-order valence-electron chi connectivity index (χ0n) is 12.0. The van der Waals surface area contributed by atoms with Crippen molar-refractivity contribution in [1.82, 2.24) is 4.98 Å². The zero-order chi connectivity index (χ0) is 15.4. The van der Waals surface area contributed by atoms with Crippen molar-refractivity contribution in [2.24, 2.45) is 0 Å². The van der Waals surface area contributed by atoms with Gasteiger partial charge in [0.25, 0.3) is 0 Å². The number of amides is 1. The highest BCUT2D eigenvalue weighted by molar-refractivity contribution is 5.93. The largest absolute Gasteiger partial charge is 0.326 e. The lowest BCUT2D eigenvalue weighted by molar-refractivity contribution is -0.116. The Morgan fingerprint density at radius 3 is 2.64 bits per heavy atom. The van der Waals surface area contributed by atoms with Gasteiger partial charge >= 0.3 is 0 Å². The van der Waals surface area contributed by atoms with Crippen molar-refractivity contribution >= 4 is 22.5 Å². The molecule has 2 N–H and O–H groups in total. The SMILES string of the molecule is O=C(CCc1ccccc1)Nc1ccc2[nH]c(=O)ccc2c1. The molecule has 3 aromatic rings. The van der Waals surface area contributed by atoms with E-state index in [0.717, 1.165) is 22.2 Å². The van der Waals surface area contributed by atoms with Crippen LogP contribution in [-0.4, -0.2) is 10.9 Å². The topological polar surface area (TPSA) is 62.0 Å². The lowest BCUT2D eigenvalue weighted by Crippen LogP contribution is -2.12. The number of benzene rings is 2. The van der Waals surface area contributed by atoms with E-state index in [9.17, 15) is 9.59 Å². The molecule has 110 valence electrons. The first kappa shape index (κ1) is 14.1. The van der Waals surface area contributed by atoms with E-state index in [1.54, 1.807) is 18.2 Å². The van der Waals surface area contributed by atoms with Gasteiger partial charge in [-0.3, -0.25) is 9.59 Å². The van der Waals surface area contributed by atoms with Crippen LogP contribution in [0, 0.1) is 0 Å². The number of carbonyl (C=O) groups excluding carboxylic acids is 1. The Morgan fingerprint density at radius 1 is 1.00 bits per heavy atom. The van der Waals surface area contributed by atoms with Crippen molar-refractivity contribution < 1.29 is 4.79 Å². The van der Waals surface area contributed by atoms with Gasteiger partial charge in [0, 0.05) is 29.1 Å². The predicted octanol–water partition coefficient (Wildman–Crippen LogP) is 3.10. The Hall–Kier alpha value is -2.88. The molecule has 1 amide bonds. The quantitative estimate of drug-likeness (QED) is 0.776. The lowest BCUT2D eigenvalue weighted by Gasteiger charge is -2.06. The fourth-order valence-corrected chi connectivity index (χ4v) is 2.36. The first-order valence-corrected chi connectivity index (χ1v) is 7.17. The maximum absolute atomic E-state index is 12.0. The second-order valence-electron chi connectivity index (χ2n) is 5.16. The highest BCUT2D eigenvalue weighted by Crippen LogP contribution is 2.16. The van der Waals surface area contributed by atoms with Crippen LogP contribution in [0.5, 0.6) is 0 Å². The minimum absolute atomic E-state index is 0.0207. The molecule has 0 bridgehead atoms. The molecule has 1 heterocycles. The van der Waals surface area contributed by atoms with Gasteiger partial charge in [0.05, 0.1) is 0 Å². The molecule has 22 heavy (non-hydrogen) atoms. The van der Waals surface area contributed by atoms with Gasteiger partial charge in [0.1, 0.15) is 0 Å². The summed E-state index contributed by atoms with van der Waals surface area (Å²) in [6.45, 7) is 0. The number of hydrogen-bond donors (Lipinski definition) is 2. The third-order valence-corrected chi connectivity index (χ3v) is 3.49. The predicted molar refractivity (Wildman–Crippen MR) is 88.0 cm³/mol. The number of H-pyrrole nitrogens is 1. The number of carbonyl (C=O) groups is 1. The summed E-state index contributed by atoms with van der Waals surface area (Å²) in [5.41, 5.74) is 2.51. The minimum atomic E-state index is -0.132. The molecule has 0 aliphatic heterocycles. The van der Waals surface area contributed by atoms with E-state index < -0.39 is 0 Å². The molecular weight excluding hydrogens is 276 g/mol. The molecule has 3 rings (SSSR count). The molecule has 0 fully saturated rings. The van der Waals surface area contributed by atoms with Crippen molar-refractivity contribution in [3.63, 3.8) is 0 Å². The van der Waals surface area contributed by atoms with E-state index in [0.29, 0.717) is 12.8 Å². The molecule has 0 saturated carbocycles. The molecule has 0 atom stereocenters. The van der Waals surface area contributed by atoms with Gasteiger partial charge in [-0.05, 0) is 36.2 Å². The Kier molecular flexibility index (Phi) is 4.01. The first-order chi connectivity index (χ1) is 10.7. The monoisotopic (exact) mass is 292 g/mol. The number of aromatic amines is 1. The number of hydrogen-bond acceptors (Lipinski definition) is 2. The molecule has 0 aliphatic rings. The van der Waals surface area contributed by atoms with E-state index >= 15 is 0 Å². The van der Waals surface area contributed by atoms with Gasteiger partial charge in [0.2, 0.25) is 11.5 Å². The molecule has 0 unspecified atom stereocenters. The van der Waals surface area contributed by atoms with Crippen LogP contribution >= 0.6 is 0 Å². The van der Waals surface area contributed by atoms with E-state index in [1.807, 2.05) is 36.4 Å². The van der Waals surface area contributed by atoms with E-state index in [1.165, 1.54) is 6.07 Å². The zero-order valence-corrected chi connectivity index (χ0v) is 12.0. The van der Waals surface area contributed by atoms with Gasteiger partial charge in [0.15, 0.2) is 0 Å². The average molecular weight is 292 g/mol. The standard InChI is InChI=1S/C18H16N2O2/c21-17(10-6-13-4-2-1-3-5-13)19-15-8-9-16-14(12-15)7-11-18(22)20-16/h1-5,7-9,11-12H,6,10H2,(H,19,21)(H,20,22). The number of aryl methyl sites for hydroxylation is 1. The van der Waals surface area contributed by atoms with Crippen molar-refractivity contribution in [2.75, 3.05) is 5.32 Å². The van der Waals surface area contributed by atoms with E-state index in [-0.39, 0.29) is 11.5 Å². The summed E-state index contributed by atoms with van der Waals surface area (Å²) in [5, 5.41) is 3.78. The second kappa shape index (κ2) is 6.26. The van der Waals surface area contributed by atoms with Crippen molar-refractivity contribution in [2.45, 2.75) is 12.8 Å². The normalized spacial score (nSPS) is 10.5. The third-order valence-electron chi connectivity index (χ3n) is 3.49. The van der Waals surface area contributed by atoms with Gasteiger partial charge in [-0.25, -0.2) is 0 Å². The minimum Gasteiger partial charge on any atom is -0.326 e. The van der Waals surface area contributed by atoms with Crippen molar-refractivity contribution in [1.29, 1.82) is 0 Å². The summed E-state index contributed by atoms with van der Waals surface area (Å²) >= 11 is 0. The summed E-state index contributed by atoms with van der Waals surface area (Å²) in [7, 11) is 0. The van der Waals surface area contributed by atoms with E-state index in [2.05, 4.69) is 10.3 Å². The Balaban J connectivity index is 1.66. The third kappa shape index (κ3) is 3.41. The fourth-order valence-electron chi connectivity index (χ4n) is 2.36. The van der Waals surface area contributed by atoms with Crippen LogP contribution in [-0.2, 0) is 11.2 Å². The van der Waals surface area contributed by atoms with Crippen LogP contribution in [0.15, 0.2) is 65.5 Å². The average Bonchev–Trinajstić information content (AvgIpc) is 2.54. The first-order valence-electron chi connectivity index (χ1n) is 7.17. The summed E-state index contributed by atoms with van der Waals surface area (Å²) in [4.78, 5) is 26.0. The molecule has 2 aromatic carbocycles. The summed E-state index contributed by atoms with van der Waals surface area (Å²) in [6, 6.07) is 18.6. The van der Waals surface area contributed by atoms with Gasteiger partial charge in [-0.1, -0.05) is 30.3 Å². The molecule has 0 aliphatic carbocycles. The number of fused-ring (bicyclic) bond motifs is 1. The molecular formula is C18H16N2O2. The number of nitrogens with one attached hydrogen (secondary N) is 2. The molecule has 0 spiro atoms. The number of rotatable bonds is 4. The van der Waals surface area contributed by atoms with Crippen LogP contribution < -0.4 is 10.9 Å². The molecule has 0 radical (unpaired) electrons. The smallest absolute Gasteiger partial charge is 0.248 e. The highest BCUT2D eigenvalue weighted by Gasteiger charge is 2.04. The van der Waals surface area contributed by atoms with Crippen molar-refractivity contribution in [3.8, 4) is 0 Å². The molecule has 1 aromatic heterocycles. The highest BCUT2D eigenvalue weighted by atomic mass is 16.1. The van der Waals surface area contributed by atoms with Crippen molar-refractivity contribution in [3.05, 3.63) is 76.6 Å². The molecule has 4 heteroatoms. The van der Waals surface area contributed by atoms with Gasteiger partial charge in [-0.2, -0.15) is 0 Å². The van der Waals surface area contributed by atoms with Crippen LogP contribution in [0.25, 0.3) is 10.9 Å². The Labute approximate surface area is 127 Å². The summed E-state index contributed by atoms with van der Waals surface area (Å²) in [5.74, 6) is -0.0207. The van der Waals surface area contributed by atoms with E-state index in [4.69, 9.17) is 0 Å². The van der Waals surface area contributed by atoms with Crippen LogP contribution in [0.2, 0.25) is 0 Å². The van der Waals surface area contributed by atoms with Crippen LogP contribution in [0.4, 0.5) is 5.69 Å². The summed E-state index contributed by atoms with van der Waals surface area (Å²) < 4.78 is 0. The maximum atomic E-state index is 12.0. The second-order valence-corrected chi connectivity index (χ2v) is 5.16. The van der Waals surface area contributed by atoms with Gasteiger partial charge in [-0.15, -0.1) is 0 Å². The fraction of sp³-hybridized carbons (Fsp3) is 0.111. The number of pyridine rings is 1. The number of aromatic nitrogens is 1. The molecule has 0 saturated heterocycles. The van der Waals surface area contributed by atoms with Crippen LogP contribution in [0.1, 0.15) is 12.0 Å². The lowest BCUT2D eigenvalue weighted by atomic mass is 10.1. The molecule has 4 nitrogen and oxygen atoms in total. The maximum Gasteiger partial charge on any atom is 0.248 e. The Bertz CT molecular complexity index is 854. The summed E-state index contributed by atoms with van der Waals surface area (Å²) in [6.07, 6.45) is 1.15. The van der Waals surface area contributed by atoms with Gasteiger partial charge < -0.3 is 10.3 Å². The number of anilines is 1. The van der Waals surface area contributed by atoms with Crippen LogP contribution in [0.3, 0.4) is 0 Å². The Morgan fingerprint density at radius 2 is 1.82 bits per heavy atom.